The van der Waals surface area contributed by atoms with Gasteiger partial charge < -0.3 is 20.5 Å². The van der Waals surface area contributed by atoms with E-state index in [-0.39, 0.29) is 26.9 Å². The number of rotatable bonds is 5. The molecule has 0 spiro atoms. The fourth-order valence-electron chi connectivity index (χ4n) is 2.15. The molecule has 7 nitrogen and oxygen atoms in total. The number of nitrogens with one attached hydrogen (secondary N) is 1. The summed E-state index contributed by atoms with van der Waals surface area (Å²) in [5, 5.41) is 2.88. The number of nitrogens with two attached hydrogens (primary N) is 1. The summed E-state index contributed by atoms with van der Waals surface area (Å²) in [5.41, 5.74) is 7.08. The van der Waals surface area contributed by atoms with Gasteiger partial charge in [-0.15, -0.1) is 0 Å². The molecule has 0 saturated heterocycles. The molecule has 2 aromatic carbocycles. The third-order valence-corrected chi connectivity index (χ3v) is 4.11. The second kappa shape index (κ2) is 8.75. The van der Waals surface area contributed by atoms with E-state index in [1.54, 1.807) is 19.1 Å². The molecule has 0 aromatic heterocycles. The predicted molar refractivity (Wildman–Crippen MR) is 102 cm³/mol. The third-order valence-electron chi connectivity index (χ3n) is 3.58. The monoisotopic (exact) mass is 410 g/mol. The molecule has 0 unspecified atom stereocenters. The fraction of sp³-hybridized carbons (Fsp3) is 0.167. The summed E-state index contributed by atoms with van der Waals surface area (Å²) >= 11 is 11.7. The van der Waals surface area contributed by atoms with Crippen molar-refractivity contribution in [1.82, 2.24) is 0 Å². The molecule has 27 heavy (non-hydrogen) atoms. The number of carbonyl (C=O) groups excluding carboxylic acids is 3. The first-order valence-corrected chi connectivity index (χ1v) is 8.39. The molecule has 0 radical (unpaired) electrons. The van der Waals surface area contributed by atoms with E-state index in [4.69, 9.17) is 33.7 Å². The summed E-state index contributed by atoms with van der Waals surface area (Å²) in [7, 11) is 1.26. The maximum Gasteiger partial charge on any atom is 0.340 e. The Bertz CT molecular complexity index is 915. The van der Waals surface area contributed by atoms with Crippen LogP contribution in [0.5, 0.6) is 0 Å². The molecule has 0 aliphatic rings. The molecule has 3 N–H and O–H groups in total. The highest BCUT2D eigenvalue weighted by Gasteiger charge is 2.17. The standard InChI is InChI=1S/C18H16Cl2N2O5/c1-9-3-4-10(17(24)26-2)5-14(9)22-15(23)8-27-18(25)12-6-11(19)7-13(20)16(12)21/h3-7H,8,21H2,1-2H3,(H,22,23). The van der Waals surface area contributed by atoms with Crippen LogP contribution in [0.1, 0.15) is 26.3 Å². The van der Waals surface area contributed by atoms with Crippen molar-refractivity contribution in [2.24, 2.45) is 0 Å². The Labute approximate surface area is 165 Å². The smallest absolute Gasteiger partial charge is 0.340 e. The quantitative estimate of drug-likeness (QED) is 0.576. The summed E-state index contributed by atoms with van der Waals surface area (Å²) in [5.74, 6) is -1.97. The molecule has 0 fully saturated rings. The number of aryl methyl sites for hydroxylation is 1. The Morgan fingerprint density at radius 1 is 1.11 bits per heavy atom. The van der Waals surface area contributed by atoms with Gasteiger partial charge in [0, 0.05) is 10.7 Å². The van der Waals surface area contributed by atoms with Gasteiger partial charge in [0.2, 0.25) is 0 Å². The van der Waals surface area contributed by atoms with E-state index < -0.39 is 24.5 Å². The van der Waals surface area contributed by atoms with Gasteiger partial charge in [0.1, 0.15) is 0 Å². The van der Waals surface area contributed by atoms with E-state index in [2.05, 4.69) is 10.1 Å². The number of benzene rings is 2. The highest BCUT2D eigenvalue weighted by Crippen LogP contribution is 2.28. The number of methoxy groups -OCH3 is 1. The Balaban J connectivity index is 2.05. The maximum atomic E-state index is 12.1. The minimum absolute atomic E-state index is 0.00750. The largest absolute Gasteiger partial charge is 0.465 e. The second-order valence-corrected chi connectivity index (χ2v) is 6.34. The van der Waals surface area contributed by atoms with Gasteiger partial charge >= 0.3 is 11.9 Å². The number of nitrogen functional groups attached to an aromatic ring is 1. The summed E-state index contributed by atoms with van der Waals surface area (Å²) < 4.78 is 9.59. The molecule has 1 amide bonds. The first-order chi connectivity index (χ1) is 12.7. The van der Waals surface area contributed by atoms with Crippen molar-refractivity contribution in [1.29, 1.82) is 0 Å². The number of esters is 2. The summed E-state index contributed by atoms with van der Waals surface area (Å²) in [6.07, 6.45) is 0. The van der Waals surface area contributed by atoms with Crippen molar-refractivity contribution < 1.29 is 23.9 Å². The number of carbonyl (C=O) groups is 3. The Hall–Kier alpha value is -2.77. The van der Waals surface area contributed by atoms with E-state index in [0.29, 0.717) is 11.3 Å². The number of amides is 1. The molecule has 0 atom stereocenters. The van der Waals surface area contributed by atoms with Crippen LogP contribution in [0.2, 0.25) is 10.0 Å². The molecule has 0 heterocycles. The second-order valence-electron chi connectivity index (χ2n) is 5.49. The topological polar surface area (TPSA) is 108 Å². The van der Waals surface area contributed by atoms with Crippen molar-refractivity contribution in [3.8, 4) is 0 Å². The van der Waals surface area contributed by atoms with Gasteiger partial charge in [-0.2, -0.15) is 0 Å². The lowest BCUT2D eigenvalue weighted by Crippen LogP contribution is -2.22. The van der Waals surface area contributed by atoms with Crippen LogP contribution < -0.4 is 11.1 Å². The average Bonchev–Trinajstić information content (AvgIpc) is 2.63. The molecule has 0 saturated carbocycles. The Kier molecular flexibility index (Phi) is 6.65. The lowest BCUT2D eigenvalue weighted by atomic mass is 10.1. The van der Waals surface area contributed by atoms with E-state index in [0.717, 1.165) is 0 Å². The van der Waals surface area contributed by atoms with Crippen LogP contribution in [-0.2, 0) is 14.3 Å². The summed E-state index contributed by atoms with van der Waals surface area (Å²) in [6.45, 7) is 1.18. The van der Waals surface area contributed by atoms with Crippen molar-refractivity contribution in [3.05, 3.63) is 57.1 Å². The Morgan fingerprint density at radius 3 is 2.48 bits per heavy atom. The van der Waals surface area contributed by atoms with E-state index >= 15 is 0 Å². The number of halogens is 2. The van der Waals surface area contributed by atoms with Crippen molar-refractivity contribution in [3.63, 3.8) is 0 Å². The lowest BCUT2D eigenvalue weighted by Gasteiger charge is -2.11. The van der Waals surface area contributed by atoms with Gasteiger partial charge in [0.15, 0.2) is 6.61 Å². The number of hydrogen-bond acceptors (Lipinski definition) is 6. The number of ether oxygens (including phenoxy) is 2. The number of hydrogen-bond donors (Lipinski definition) is 2. The molecule has 0 aliphatic carbocycles. The van der Waals surface area contributed by atoms with Crippen LogP contribution in [0.4, 0.5) is 11.4 Å². The molecule has 0 aliphatic heterocycles. The van der Waals surface area contributed by atoms with Gasteiger partial charge in [0.25, 0.3) is 5.91 Å². The minimum atomic E-state index is -0.841. The zero-order chi connectivity index (χ0) is 20.1. The van der Waals surface area contributed by atoms with Gasteiger partial charge in [-0.1, -0.05) is 29.3 Å². The molecule has 2 rings (SSSR count). The molecule has 2 aromatic rings. The molecule has 9 heteroatoms. The van der Waals surface area contributed by atoms with Gasteiger partial charge in [-0.05, 0) is 36.8 Å². The third kappa shape index (κ3) is 5.12. The van der Waals surface area contributed by atoms with Gasteiger partial charge in [-0.3, -0.25) is 4.79 Å². The highest BCUT2D eigenvalue weighted by atomic mass is 35.5. The lowest BCUT2D eigenvalue weighted by molar-refractivity contribution is -0.119. The predicted octanol–water partition coefficient (Wildman–Crippen LogP) is 3.47. The van der Waals surface area contributed by atoms with Crippen LogP contribution in [0.3, 0.4) is 0 Å². The summed E-state index contributed by atoms with van der Waals surface area (Å²) in [4.78, 5) is 35.8. The first kappa shape index (κ1) is 20.5. The highest BCUT2D eigenvalue weighted by molar-refractivity contribution is 6.37. The zero-order valence-electron chi connectivity index (χ0n) is 14.5. The molecular weight excluding hydrogens is 395 g/mol. The zero-order valence-corrected chi connectivity index (χ0v) is 16.0. The van der Waals surface area contributed by atoms with E-state index in [9.17, 15) is 14.4 Å². The van der Waals surface area contributed by atoms with Crippen LogP contribution in [0, 0.1) is 6.92 Å². The fourth-order valence-corrected chi connectivity index (χ4v) is 2.64. The van der Waals surface area contributed by atoms with Crippen LogP contribution in [0.25, 0.3) is 0 Å². The normalized spacial score (nSPS) is 10.2. The minimum Gasteiger partial charge on any atom is -0.465 e. The van der Waals surface area contributed by atoms with Crippen molar-refractivity contribution >= 4 is 52.4 Å². The van der Waals surface area contributed by atoms with Crippen molar-refractivity contribution in [2.75, 3.05) is 24.8 Å². The SMILES string of the molecule is COC(=O)c1ccc(C)c(NC(=O)COC(=O)c2cc(Cl)cc(Cl)c2N)c1. The van der Waals surface area contributed by atoms with Gasteiger partial charge in [-0.25, -0.2) is 9.59 Å². The molecule has 142 valence electrons. The summed E-state index contributed by atoms with van der Waals surface area (Å²) in [6, 6.07) is 7.38. The van der Waals surface area contributed by atoms with Crippen LogP contribution >= 0.6 is 23.2 Å². The average molecular weight is 411 g/mol. The number of anilines is 2. The molecule has 0 bridgehead atoms. The van der Waals surface area contributed by atoms with E-state index in [1.807, 2.05) is 0 Å². The van der Waals surface area contributed by atoms with Gasteiger partial charge in [0.05, 0.1) is 28.9 Å². The van der Waals surface area contributed by atoms with Crippen LogP contribution in [0.15, 0.2) is 30.3 Å². The Morgan fingerprint density at radius 2 is 1.81 bits per heavy atom. The first-order valence-electron chi connectivity index (χ1n) is 7.63. The van der Waals surface area contributed by atoms with Crippen molar-refractivity contribution in [2.45, 2.75) is 6.92 Å². The maximum absolute atomic E-state index is 12.1. The van der Waals surface area contributed by atoms with E-state index in [1.165, 1.54) is 25.3 Å². The van der Waals surface area contributed by atoms with Crippen LogP contribution in [-0.4, -0.2) is 31.6 Å². The molecular formula is C18H16Cl2N2O5.